The summed E-state index contributed by atoms with van der Waals surface area (Å²) in [7, 11) is 10.5. The Labute approximate surface area is 749 Å². The van der Waals surface area contributed by atoms with Crippen molar-refractivity contribution in [1.29, 1.82) is 0 Å². The van der Waals surface area contributed by atoms with Gasteiger partial charge in [-0.3, -0.25) is 34.2 Å². The van der Waals surface area contributed by atoms with E-state index >= 15 is 0 Å². The number of anilines is 6. The molecule has 16 rings (SSSR count). The molecule has 3 amide bonds. The van der Waals surface area contributed by atoms with E-state index in [1.54, 1.807) is 97.6 Å². The van der Waals surface area contributed by atoms with Gasteiger partial charge in [-0.2, -0.15) is 44.6 Å². The van der Waals surface area contributed by atoms with Crippen molar-refractivity contribution in [2.24, 2.45) is 5.41 Å². The first-order chi connectivity index (χ1) is 61.9. The molecule has 23 nitrogen and oxygen atoms in total. The minimum atomic E-state index is -4.58. The molecule has 0 radical (unpaired) electrons. The predicted molar refractivity (Wildman–Crippen MR) is 486 cm³/mol. The van der Waals surface area contributed by atoms with Gasteiger partial charge in [0.15, 0.2) is 11.5 Å². The number of carbonyl (C=O) groups is 3. The summed E-state index contributed by atoms with van der Waals surface area (Å²) < 4.78 is 143. The molecule has 4 fully saturated rings. The largest absolute Gasteiger partial charge is 0.493 e. The van der Waals surface area contributed by atoms with Crippen LogP contribution in [0.3, 0.4) is 0 Å². The van der Waals surface area contributed by atoms with Gasteiger partial charge in [0.2, 0.25) is 5.75 Å². The number of ether oxygens (including phenoxy) is 3. The van der Waals surface area contributed by atoms with E-state index in [1.165, 1.54) is 57.7 Å². The number of pyridine rings is 3. The van der Waals surface area contributed by atoms with Crippen molar-refractivity contribution in [3.8, 4) is 52.8 Å². The smallest absolute Gasteiger partial charge is 0.416 e. The van der Waals surface area contributed by atoms with Crippen LogP contribution in [0.2, 0.25) is 5.02 Å². The number of rotatable bonds is 15. The Morgan fingerprint density at radius 2 is 0.831 bits per heavy atom. The summed E-state index contributed by atoms with van der Waals surface area (Å²) in [4.78, 5) is 64.6. The molecule has 4 aliphatic rings. The first-order valence-electron chi connectivity index (χ1n) is 41.3. The van der Waals surface area contributed by atoms with Crippen LogP contribution in [0, 0.1) is 61.7 Å². The molecule has 8 heterocycles. The topological polar surface area (TPSA) is 280 Å². The number of carbonyl (C=O) groups excluding carboxylic acids is 3. The Hall–Kier alpha value is -13.5. The summed E-state index contributed by atoms with van der Waals surface area (Å²) in [6.07, 6.45) is -7.29. The quantitative estimate of drug-likeness (QED) is 0.0371. The highest BCUT2D eigenvalue weighted by molar-refractivity contribution is 6.31. The number of aryl methyl sites for hydroxylation is 3. The van der Waals surface area contributed by atoms with Crippen molar-refractivity contribution in [3.05, 3.63) is 263 Å². The molecule has 0 saturated carbocycles. The van der Waals surface area contributed by atoms with E-state index in [2.05, 4.69) is 91.3 Å². The average Bonchev–Trinajstić information content (AvgIpc) is 0.885. The van der Waals surface area contributed by atoms with Gasteiger partial charge in [-0.05, 0) is 166 Å². The number of hydrogen-bond acceptors (Lipinski definition) is 19. The number of likely N-dealkylation sites (tertiary alicyclic amines) is 2. The molecule has 4 aliphatic heterocycles. The Morgan fingerprint density at radius 1 is 0.431 bits per heavy atom. The van der Waals surface area contributed by atoms with Gasteiger partial charge in [-0.15, -0.1) is 0 Å². The number of aromatic nitrogens is 5. The normalized spacial score (nSPS) is 14.9. The molecule has 0 atom stereocenters. The van der Waals surface area contributed by atoms with Crippen molar-refractivity contribution < 1.29 is 68.1 Å². The summed E-state index contributed by atoms with van der Waals surface area (Å²) in [5.74, 6) is 18.6. The second-order valence-corrected chi connectivity index (χ2v) is 33.3. The Balaban J connectivity index is 0.000000158. The molecule has 0 unspecified atom stereocenters. The molecule has 0 bridgehead atoms. The molecular weight excluding hydrogens is 1710 g/mol. The number of nitrogens with zero attached hydrogens (tertiary/aromatic N) is 10. The van der Waals surface area contributed by atoms with Crippen LogP contribution in [-0.4, -0.2) is 193 Å². The average molecular weight is 1800 g/mol. The van der Waals surface area contributed by atoms with Crippen LogP contribution in [0.25, 0.3) is 32.4 Å². The van der Waals surface area contributed by atoms with Gasteiger partial charge in [0.25, 0.3) is 17.7 Å². The number of H-pyrrole nitrogens is 1. The van der Waals surface area contributed by atoms with Crippen LogP contribution in [0.15, 0.2) is 158 Å². The number of fused-ring (bicyclic) bond motifs is 3. The van der Waals surface area contributed by atoms with Gasteiger partial charge >= 0.3 is 18.5 Å². The molecule has 4 saturated heterocycles. The molecule has 0 aliphatic carbocycles. The third-order valence-corrected chi connectivity index (χ3v) is 23.6. The van der Waals surface area contributed by atoms with Gasteiger partial charge in [0.1, 0.15) is 17.5 Å². The number of hydrogen-bond donors (Lipinski definition) is 7. The highest BCUT2D eigenvalue weighted by Gasteiger charge is 2.50. The van der Waals surface area contributed by atoms with Crippen LogP contribution in [0.5, 0.6) is 17.2 Å². The first kappa shape index (κ1) is 92.7. The number of nitrogen functional groups attached to an aromatic ring is 3. The number of piperazine rings is 2. The van der Waals surface area contributed by atoms with Crippen LogP contribution in [0.1, 0.15) is 115 Å². The van der Waals surface area contributed by atoms with Crippen molar-refractivity contribution in [3.63, 3.8) is 0 Å². The van der Waals surface area contributed by atoms with Crippen molar-refractivity contribution in [1.82, 2.24) is 54.5 Å². The predicted octanol–water partition coefficient (Wildman–Crippen LogP) is 16.0. The number of halogens is 10. The summed E-state index contributed by atoms with van der Waals surface area (Å²) in [5.41, 5.74) is 24.1. The third kappa shape index (κ3) is 21.6. The van der Waals surface area contributed by atoms with Crippen molar-refractivity contribution >= 4 is 96.3 Å². The van der Waals surface area contributed by atoms with Crippen LogP contribution < -0.4 is 47.4 Å². The van der Waals surface area contributed by atoms with Crippen molar-refractivity contribution in [2.75, 3.05) is 154 Å². The molecule has 10 N–H and O–H groups in total. The minimum Gasteiger partial charge on any atom is -0.493 e. The molecule has 33 heteroatoms. The fourth-order valence-electron chi connectivity index (χ4n) is 16.3. The number of alkyl halides is 9. The van der Waals surface area contributed by atoms with Gasteiger partial charge < -0.3 is 62.1 Å². The fourth-order valence-corrected chi connectivity index (χ4v) is 16.5. The zero-order valence-electron chi connectivity index (χ0n) is 72.6. The maximum Gasteiger partial charge on any atom is 0.416 e. The minimum absolute atomic E-state index is 0.0468. The van der Waals surface area contributed by atoms with E-state index in [0.29, 0.717) is 98.1 Å². The highest BCUT2D eigenvalue weighted by Crippen LogP contribution is 2.46. The molecular formula is C97H93ClF9N17O6. The third-order valence-electron chi connectivity index (χ3n) is 23.3. The van der Waals surface area contributed by atoms with Crippen LogP contribution >= 0.6 is 11.6 Å². The standard InChI is InChI=1S/C35H36F3N5O4.C33H29ClF3N5O.C29H28F3N7O/c1-21-6-7-23(34(44)41-25-10-8-24(29(17-25)35(36,37)38)20-43-14-12-42(2)13-15-43)16-22(21)9-11-26-27-18-30(45-3)32(47-5)31(46-4)28(27)19-40-33(26)39;1-20-3-4-22(11-21(20)7-10-27-28-12-25(34)8-5-23(28)14-39-30(27)38)31(43)40-26-9-6-24(29(13-26)33(35,36)37)15-42-18-32(19-42)16-41(2)17-32;1-18-3-4-20(13-19(18)6-8-23-24-15-35-37-26(24)16-34-27(23)33)28(40)36-22-7-5-21(25(14-22)29(30,31)32)17-39-11-9-38(2)10-12-39/h6-8,10,16-19H,12-15,20H2,1-5H3,(H2,39,40)(H,41,44);3-6,8-9,11-14H,15-19H2,1-2H3,(H2,38,39)(H,40,43);3-5,7,13-16H,9-12,17H2,1-2H3,(H2,33,34)(H,35,37)(H,36,40). The lowest BCUT2D eigenvalue weighted by atomic mass is 9.73. The second-order valence-electron chi connectivity index (χ2n) is 32.9. The number of methoxy groups -OCH3 is 3. The zero-order chi connectivity index (χ0) is 92.8. The monoisotopic (exact) mass is 1800 g/mol. The lowest BCUT2D eigenvalue weighted by Crippen LogP contribution is -2.70. The van der Waals surface area contributed by atoms with Gasteiger partial charge in [-0.25, -0.2) is 15.0 Å². The van der Waals surface area contributed by atoms with Gasteiger partial charge in [0, 0.05) is 198 Å². The maximum absolute atomic E-state index is 14.1. The van der Waals surface area contributed by atoms with E-state index in [0.717, 1.165) is 103 Å². The number of likely N-dealkylation sites (N-methyl/N-ethyl adjacent to an activating group) is 2. The molecule has 8 aromatic carbocycles. The van der Waals surface area contributed by atoms with E-state index in [-0.39, 0.29) is 92.9 Å². The number of benzene rings is 8. The fraction of sp³-hybridized carbons (Fsp3) is 0.289. The van der Waals surface area contributed by atoms with Crippen molar-refractivity contribution in [2.45, 2.75) is 58.9 Å². The molecule has 130 heavy (non-hydrogen) atoms. The number of aromatic amines is 1. The number of nitrogens with two attached hydrogens (primary N) is 3. The van der Waals surface area contributed by atoms with E-state index in [9.17, 15) is 53.9 Å². The summed E-state index contributed by atoms with van der Waals surface area (Å²) in [6, 6.07) is 33.8. The van der Waals surface area contributed by atoms with E-state index < -0.39 is 52.9 Å². The Kier molecular flexibility index (Phi) is 27.7. The number of nitrogens with one attached hydrogen (secondary N) is 4. The summed E-state index contributed by atoms with van der Waals surface area (Å²) >= 11 is 6.18. The maximum atomic E-state index is 14.1. The van der Waals surface area contributed by atoms with E-state index in [1.807, 2.05) is 62.7 Å². The van der Waals surface area contributed by atoms with Gasteiger partial charge in [0.05, 0.1) is 72.6 Å². The molecule has 12 aromatic rings. The molecule has 1 spiro atoms. The Morgan fingerprint density at radius 3 is 1.24 bits per heavy atom. The van der Waals surface area contributed by atoms with Crippen LogP contribution in [-0.2, 0) is 38.2 Å². The number of amides is 3. The van der Waals surface area contributed by atoms with E-state index in [4.69, 9.17) is 43.0 Å². The second kappa shape index (κ2) is 38.8. The first-order valence-corrected chi connectivity index (χ1v) is 41.7. The summed E-state index contributed by atoms with van der Waals surface area (Å²) in [5, 5.41) is 18.8. The SMILES string of the molecule is COc1cc2c(C#Cc3cc(C(=O)Nc4ccc(CN5CCN(C)CC5)c(C(F)(F)F)c4)ccc3C)c(N)ncc2c(OC)c1OC.Cc1ccc(C(=O)Nc2ccc(CN3CC4(CN(C)C4)C3)c(C(F)(F)F)c2)cc1C#Cc1c(N)ncc2ccc(Cl)cc12.Cc1ccc(C(=O)Nc2ccc(CN3CCN(C)CC3)c(C(F)(F)F)c2)cc1C#Cc1c(N)ncc2[nH]ncc12. The van der Waals surface area contributed by atoms with Gasteiger partial charge in [-0.1, -0.05) is 89.6 Å². The summed E-state index contributed by atoms with van der Waals surface area (Å²) in [6.45, 7) is 15.7. The highest BCUT2D eigenvalue weighted by atomic mass is 35.5. The van der Waals surface area contributed by atoms with Crippen LogP contribution in [0.4, 0.5) is 74.0 Å². The Bertz CT molecular complexity index is 6550. The molecule has 4 aromatic heterocycles. The lowest BCUT2D eigenvalue weighted by Gasteiger charge is -2.59. The zero-order valence-corrected chi connectivity index (χ0v) is 73.3. The lowest BCUT2D eigenvalue weighted by molar-refractivity contribution is -0.140. The molecule has 672 valence electrons.